The first kappa shape index (κ1) is 17.2. The van der Waals surface area contributed by atoms with Gasteiger partial charge in [-0.05, 0) is 38.0 Å². The first-order valence-corrected chi connectivity index (χ1v) is 7.48. The summed E-state index contributed by atoms with van der Waals surface area (Å²) in [5.41, 5.74) is 0.151. The van der Waals surface area contributed by atoms with Crippen LogP contribution in [0.25, 0.3) is 0 Å². The molecule has 1 aliphatic rings. The fourth-order valence-corrected chi connectivity index (χ4v) is 2.77. The van der Waals surface area contributed by atoms with E-state index in [0.717, 1.165) is 17.7 Å². The van der Waals surface area contributed by atoms with Crippen molar-refractivity contribution in [3.05, 3.63) is 35.4 Å². The van der Waals surface area contributed by atoms with Crippen LogP contribution in [0, 0.1) is 0 Å². The monoisotopic (exact) mass is 317 g/mol. The van der Waals surface area contributed by atoms with Gasteiger partial charge in [-0.3, -0.25) is 4.90 Å². The Morgan fingerprint density at radius 1 is 1.27 bits per heavy atom. The number of alkyl halides is 3. The molecule has 22 heavy (non-hydrogen) atoms. The van der Waals surface area contributed by atoms with Crippen molar-refractivity contribution in [1.29, 1.82) is 0 Å². The maximum atomic E-state index is 12.6. The summed E-state index contributed by atoms with van der Waals surface area (Å²) in [7, 11) is 0. The van der Waals surface area contributed by atoms with Gasteiger partial charge in [0.1, 0.15) is 0 Å². The molecule has 0 amide bonds. The van der Waals surface area contributed by atoms with Crippen molar-refractivity contribution in [2.75, 3.05) is 19.7 Å². The first-order valence-electron chi connectivity index (χ1n) is 7.48. The van der Waals surface area contributed by atoms with Crippen LogP contribution in [-0.2, 0) is 10.9 Å². The van der Waals surface area contributed by atoms with Gasteiger partial charge in [0.25, 0.3) is 0 Å². The Kier molecular flexibility index (Phi) is 5.47. The van der Waals surface area contributed by atoms with Crippen LogP contribution in [-0.4, -0.2) is 41.9 Å². The molecule has 124 valence electrons. The summed E-state index contributed by atoms with van der Waals surface area (Å²) in [5, 5.41) is 9.86. The Bertz CT molecular complexity index is 473. The van der Waals surface area contributed by atoms with Crippen molar-refractivity contribution >= 4 is 0 Å². The van der Waals surface area contributed by atoms with Gasteiger partial charge in [0.15, 0.2) is 0 Å². The van der Waals surface area contributed by atoms with Gasteiger partial charge < -0.3 is 9.84 Å². The molecule has 0 bridgehead atoms. The number of nitrogens with zero attached hydrogens (tertiary/aromatic N) is 1. The summed E-state index contributed by atoms with van der Waals surface area (Å²) in [6, 6.07) is 5.14. The topological polar surface area (TPSA) is 32.7 Å². The molecule has 1 fully saturated rings. The van der Waals surface area contributed by atoms with E-state index in [1.807, 2.05) is 13.8 Å². The lowest BCUT2D eigenvalue weighted by molar-refractivity contribution is -0.137. The average molecular weight is 317 g/mol. The average Bonchev–Trinajstić information content (AvgIpc) is 2.79. The number of rotatable bonds is 5. The van der Waals surface area contributed by atoms with Crippen molar-refractivity contribution in [3.63, 3.8) is 0 Å². The fourth-order valence-electron chi connectivity index (χ4n) is 2.77. The molecule has 0 saturated carbocycles. The molecule has 1 aromatic rings. The minimum absolute atomic E-state index is 0.0620. The number of β-amino-alcohol motifs (C(OH)–C–C–N with tert-alkyl or cyclic N) is 1. The number of ether oxygens (including phenoxy) is 1. The highest BCUT2D eigenvalue weighted by molar-refractivity contribution is 5.27. The molecule has 0 radical (unpaired) electrons. The number of aliphatic hydroxyl groups excluding tert-OH is 1. The van der Waals surface area contributed by atoms with Crippen LogP contribution in [0.1, 0.15) is 37.4 Å². The lowest BCUT2D eigenvalue weighted by atomic mass is 10.0. The molecule has 2 rings (SSSR count). The minimum Gasteiger partial charge on any atom is -0.392 e. The van der Waals surface area contributed by atoms with E-state index >= 15 is 0 Å². The van der Waals surface area contributed by atoms with Gasteiger partial charge in [0.05, 0.1) is 24.4 Å². The summed E-state index contributed by atoms with van der Waals surface area (Å²) in [4.78, 5) is 2.07. The standard InChI is InChI=1S/C16H22F3NO2/c1-11(2)22-8-7-20-10-14(21)9-15(20)12-3-5-13(6-4-12)16(17,18)19/h3-6,11,14-15,21H,7-10H2,1-2H3. The molecule has 1 N–H and O–H groups in total. The Balaban J connectivity index is 2.05. The van der Waals surface area contributed by atoms with Gasteiger partial charge in [0, 0.05) is 19.1 Å². The van der Waals surface area contributed by atoms with Crippen LogP contribution in [0.4, 0.5) is 13.2 Å². The summed E-state index contributed by atoms with van der Waals surface area (Å²) in [6.45, 7) is 5.62. The van der Waals surface area contributed by atoms with Crippen LogP contribution >= 0.6 is 0 Å². The van der Waals surface area contributed by atoms with Gasteiger partial charge in [0.2, 0.25) is 0 Å². The Morgan fingerprint density at radius 2 is 1.91 bits per heavy atom. The maximum absolute atomic E-state index is 12.6. The second kappa shape index (κ2) is 6.98. The highest BCUT2D eigenvalue weighted by atomic mass is 19.4. The van der Waals surface area contributed by atoms with Gasteiger partial charge in [-0.15, -0.1) is 0 Å². The van der Waals surface area contributed by atoms with E-state index in [0.29, 0.717) is 26.1 Å². The second-order valence-corrected chi connectivity index (χ2v) is 5.94. The highest BCUT2D eigenvalue weighted by Crippen LogP contribution is 2.34. The third-order valence-corrected chi connectivity index (χ3v) is 3.83. The van der Waals surface area contributed by atoms with Crippen molar-refractivity contribution in [1.82, 2.24) is 4.90 Å². The van der Waals surface area contributed by atoms with E-state index in [1.165, 1.54) is 12.1 Å². The Morgan fingerprint density at radius 3 is 2.45 bits per heavy atom. The first-order chi connectivity index (χ1) is 10.3. The summed E-state index contributed by atoms with van der Waals surface area (Å²) in [5.74, 6) is 0. The van der Waals surface area contributed by atoms with E-state index in [-0.39, 0.29) is 12.1 Å². The quantitative estimate of drug-likeness (QED) is 0.905. The molecule has 1 saturated heterocycles. The van der Waals surface area contributed by atoms with E-state index < -0.39 is 17.8 Å². The van der Waals surface area contributed by atoms with Gasteiger partial charge >= 0.3 is 6.18 Å². The molecule has 0 aromatic heterocycles. The molecule has 2 atom stereocenters. The van der Waals surface area contributed by atoms with Crippen molar-refractivity contribution in [2.24, 2.45) is 0 Å². The van der Waals surface area contributed by atoms with Crippen LogP contribution in [0.5, 0.6) is 0 Å². The largest absolute Gasteiger partial charge is 0.416 e. The van der Waals surface area contributed by atoms with Crippen molar-refractivity contribution < 1.29 is 23.0 Å². The third kappa shape index (κ3) is 4.44. The Hall–Kier alpha value is -1.11. The van der Waals surface area contributed by atoms with Crippen LogP contribution < -0.4 is 0 Å². The van der Waals surface area contributed by atoms with Gasteiger partial charge in [-0.1, -0.05) is 12.1 Å². The number of hydrogen-bond donors (Lipinski definition) is 1. The minimum atomic E-state index is -4.32. The number of likely N-dealkylation sites (tertiary alicyclic amines) is 1. The van der Waals surface area contributed by atoms with E-state index in [4.69, 9.17) is 4.74 Å². The van der Waals surface area contributed by atoms with Crippen LogP contribution in [0.2, 0.25) is 0 Å². The Labute approximate surface area is 128 Å². The molecule has 3 nitrogen and oxygen atoms in total. The van der Waals surface area contributed by atoms with Crippen molar-refractivity contribution in [3.8, 4) is 0 Å². The molecule has 0 aliphatic carbocycles. The van der Waals surface area contributed by atoms with E-state index in [9.17, 15) is 18.3 Å². The number of aliphatic hydroxyl groups is 1. The maximum Gasteiger partial charge on any atom is 0.416 e. The van der Waals surface area contributed by atoms with Crippen LogP contribution in [0.3, 0.4) is 0 Å². The molecule has 1 aliphatic heterocycles. The molecule has 1 heterocycles. The molecule has 0 spiro atoms. The third-order valence-electron chi connectivity index (χ3n) is 3.83. The SMILES string of the molecule is CC(C)OCCN1CC(O)CC1c1ccc(C(F)(F)F)cc1. The summed E-state index contributed by atoms with van der Waals surface area (Å²) >= 11 is 0. The lowest BCUT2D eigenvalue weighted by Gasteiger charge is -2.25. The summed E-state index contributed by atoms with van der Waals surface area (Å²) in [6.07, 6.45) is -4.10. The molecular weight excluding hydrogens is 295 g/mol. The van der Waals surface area contributed by atoms with E-state index in [2.05, 4.69) is 4.90 Å². The van der Waals surface area contributed by atoms with Crippen LogP contribution in [0.15, 0.2) is 24.3 Å². The summed E-state index contributed by atoms with van der Waals surface area (Å²) < 4.78 is 43.3. The predicted octanol–water partition coefficient (Wildman–Crippen LogP) is 3.24. The molecule has 6 heteroatoms. The van der Waals surface area contributed by atoms with E-state index in [1.54, 1.807) is 0 Å². The zero-order valence-corrected chi connectivity index (χ0v) is 12.8. The number of benzene rings is 1. The zero-order valence-electron chi connectivity index (χ0n) is 12.8. The molecular formula is C16H22F3NO2. The van der Waals surface area contributed by atoms with Crippen molar-refractivity contribution in [2.45, 2.75) is 44.7 Å². The van der Waals surface area contributed by atoms with Gasteiger partial charge in [-0.25, -0.2) is 0 Å². The predicted molar refractivity (Wildman–Crippen MR) is 77.5 cm³/mol. The molecule has 2 unspecified atom stereocenters. The zero-order chi connectivity index (χ0) is 16.3. The normalized spacial score (nSPS) is 23.4. The number of halogens is 3. The smallest absolute Gasteiger partial charge is 0.392 e. The fraction of sp³-hybridized carbons (Fsp3) is 0.625. The van der Waals surface area contributed by atoms with Gasteiger partial charge in [-0.2, -0.15) is 13.2 Å². The second-order valence-electron chi connectivity index (χ2n) is 5.94. The number of hydrogen-bond acceptors (Lipinski definition) is 3. The lowest BCUT2D eigenvalue weighted by Crippen LogP contribution is -2.29. The molecule has 1 aromatic carbocycles. The highest BCUT2D eigenvalue weighted by Gasteiger charge is 2.33.